The molecule has 0 bridgehead atoms. The van der Waals surface area contributed by atoms with E-state index >= 15 is 0 Å². The Morgan fingerprint density at radius 1 is 1.17 bits per heavy atom. The molecule has 3 rings (SSSR count). The number of hydrogen-bond donors (Lipinski definition) is 2. The second kappa shape index (κ2) is 5.11. The summed E-state index contributed by atoms with van der Waals surface area (Å²) in [4.78, 5) is 12.2. The fraction of sp³-hybridized carbons (Fsp3) is 0.533. The smallest absolute Gasteiger partial charge is 0.237 e. The summed E-state index contributed by atoms with van der Waals surface area (Å²) in [6.07, 6.45) is 5.62. The maximum absolute atomic E-state index is 12.2. The van der Waals surface area contributed by atoms with E-state index in [1.807, 2.05) is 0 Å². The Morgan fingerprint density at radius 3 is 2.67 bits per heavy atom. The fourth-order valence-electron chi connectivity index (χ4n) is 3.01. The average Bonchev–Trinajstić information content (AvgIpc) is 2.91. The molecule has 18 heavy (non-hydrogen) atoms. The molecule has 1 heterocycles. The van der Waals surface area contributed by atoms with Crippen molar-refractivity contribution in [2.45, 2.75) is 50.7 Å². The van der Waals surface area contributed by atoms with E-state index in [4.69, 9.17) is 0 Å². The molecule has 2 N–H and O–H groups in total. The Bertz CT molecular complexity index is 438. The largest absolute Gasteiger partial charge is 0.352 e. The summed E-state index contributed by atoms with van der Waals surface area (Å²) in [5.41, 5.74) is 2.63. The summed E-state index contributed by atoms with van der Waals surface area (Å²) in [7, 11) is 0. The summed E-state index contributed by atoms with van der Waals surface area (Å²) < 4.78 is 0. The molecule has 3 heteroatoms. The molecule has 1 fully saturated rings. The van der Waals surface area contributed by atoms with Gasteiger partial charge in [-0.05, 0) is 30.4 Å². The lowest BCUT2D eigenvalue weighted by atomic mass is 9.95. The highest BCUT2D eigenvalue weighted by Crippen LogP contribution is 2.19. The summed E-state index contributed by atoms with van der Waals surface area (Å²) in [6, 6.07) is 8.73. The van der Waals surface area contributed by atoms with E-state index in [2.05, 4.69) is 34.9 Å². The summed E-state index contributed by atoms with van der Waals surface area (Å²) >= 11 is 0. The maximum Gasteiger partial charge on any atom is 0.237 e. The van der Waals surface area contributed by atoms with Crippen molar-refractivity contribution >= 4 is 5.91 Å². The van der Waals surface area contributed by atoms with Crippen molar-refractivity contribution in [2.24, 2.45) is 0 Å². The molecule has 1 aliphatic heterocycles. The molecule has 1 aromatic carbocycles. The van der Waals surface area contributed by atoms with E-state index in [-0.39, 0.29) is 11.9 Å². The van der Waals surface area contributed by atoms with Crippen LogP contribution < -0.4 is 10.6 Å². The van der Waals surface area contributed by atoms with E-state index < -0.39 is 0 Å². The van der Waals surface area contributed by atoms with Crippen LogP contribution in [-0.2, 0) is 17.8 Å². The van der Waals surface area contributed by atoms with Crippen LogP contribution in [0.25, 0.3) is 0 Å². The van der Waals surface area contributed by atoms with Crippen molar-refractivity contribution in [3.63, 3.8) is 0 Å². The predicted octanol–water partition coefficient (Wildman–Crippen LogP) is 1.76. The molecule has 1 atom stereocenters. The minimum atomic E-state index is -0.0551. The number of hydrogen-bond acceptors (Lipinski definition) is 2. The number of carbonyl (C=O) groups excluding carboxylic acids is 1. The van der Waals surface area contributed by atoms with Gasteiger partial charge in [-0.15, -0.1) is 0 Å². The summed E-state index contributed by atoms with van der Waals surface area (Å²) in [6.45, 7) is 0.804. The van der Waals surface area contributed by atoms with Crippen LogP contribution in [0.5, 0.6) is 0 Å². The number of nitrogens with one attached hydrogen (secondary N) is 2. The molecule has 1 saturated carbocycles. The third-order valence-electron chi connectivity index (χ3n) is 4.10. The molecule has 0 unspecified atom stereocenters. The standard InChI is InChI=1S/C15H20N2O/c18-15(17-13-7-3-4-8-13)14-9-11-5-1-2-6-12(11)10-16-14/h1-2,5-6,13-14,16H,3-4,7-10H2,(H,17,18)/t14-/m1/s1. The molecule has 96 valence electrons. The van der Waals surface area contributed by atoms with E-state index in [9.17, 15) is 4.79 Å². The van der Waals surface area contributed by atoms with Crippen LogP contribution in [0.1, 0.15) is 36.8 Å². The van der Waals surface area contributed by atoms with Gasteiger partial charge in [0.2, 0.25) is 5.91 Å². The van der Waals surface area contributed by atoms with Gasteiger partial charge in [0, 0.05) is 12.6 Å². The second-order valence-electron chi connectivity index (χ2n) is 5.40. The quantitative estimate of drug-likeness (QED) is 0.832. The highest BCUT2D eigenvalue weighted by molar-refractivity contribution is 5.82. The molecule has 0 saturated heterocycles. The first kappa shape index (κ1) is 11.7. The Hall–Kier alpha value is -1.35. The predicted molar refractivity (Wildman–Crippen MR) is 71.2 cm³/mol. The molecule has 2 aliphatic rings. The molecule has 1 aliphatic carbocycles. The van der Waals surface area contributed by atoms with Crippen molar-refractivity contribution in [1.82, 2.24) is 10.6 Å². The molecular weight excluding hydrogens is 224 g/mol. The first-order valence-electron chi connectivity index (χ1n) is 6.93. The van der Waals surface area contributed by atoms with Gasteiger partial charge in [-0.2, -0.15) is 0 Å². The van der Waals surface area contributed by atoms with Gasteiger partial charge in [0.15, 0.2) is 0 Å². The van der Waals surface area contributed by atoms with Crippen LogP contribution in [0.3, 0.4) is 0 Å². The van der Waals surface area contributed by atoms with Crippen LogP contribution in [0.15, 0.2) is 24.3 Å². The highest BCUT2D eigenvalue weighted by Gasteiger charge is 2.26. The number of carbonyl (C=O) groups is 1. The van der Waals surface area contributed by atoms with Crippen LogP contribution in [0.4, 0.5) is 0 Å². The van der Waals surface area contributed by atoms with Crippen molar-refractivity contribution in [1.29, 1.82) is 0 Å². The summed E-state index contributed by atoms with van der Waals surface area (Å²) in [5.74, 6) is 0.177. The van der Waals surface area contributed by atoms with Crippen molar-refractivity contribution in [2.75, 3.05) is 0 Å². The second-order valence-corrected chi connectivity index (χ2v) is 5.40. The van der Waals surface area contributed by atoms with Crippen LogP contribution >= 0.6 is 0 Å². The Balaban J connectivity index is 1.62. The van der Waals surface area contributed by atoms with Crippen LogP contribution in [-0.4, -0.2) is 18.0 Å². The lowest BCUT2D eigenvalue weighted by Crippen LogP contribution is -2.49. The Labute approximate surface area is 108 Å². The van der Waals surface area contributed by atoms with Crippen molar-refractivity contribution in [3.05, 3.63) is 35.4 Å². The third kappa shape index (κ3) is 2.41. The molecule has 1 aromatic rings. The van der Waals surface area contributed by atoms with Crippen molar-refractivity contribution in [3.8, 4) is 0 Å². The maximum atomic E-state index is 12.2. The van der Waals surface area contributed by atoms with Gasteiger partial charge in [0.05, 0.1) is 6.04 Å². The fourth-order valence-corrected chi connectivity index (χ4v) is 3.01. The van der Waals surface area contributed by atoms with Gasteiger partial charge in [0.25, 0.3) is 0 Å². The van der Waals surface area contributed by atoms with Gasteiger partial charge < -0.3 is 10.6 Å². The first-order valence-corrected chi connectivity index (χ1v) is 6.93. The molecule has 1 amide bonds. The lowest BCUT2D eigenvalue weighted by molar-refractivity contribution is -0.124. The number of rotatable bonds is 2. The topological polar surface area (TPSA) is 41.1 Å². The zero-order chi connectivity index (χ0) is 12.4. The molecular formula is C15H20N2O. The summed E-state index contributed by atoms with van der Waals surface area (Å²) in [5, 5.41) is 6.51. The minimum Gasteiger partial charge on any atom is -0.352 e. The SMILES string of the molecule is O=C(NC1CCCC1)[C@H]1Cc2ccccc2CN1. The average molecular weight is 244 g/mol. The monoisotopic (exact) mass is 244 g/mol. The molecule has 3 nitrogen and oxygen atoms in total. The minimum absolute atomic E-state index is 0.0551. The van der Waals surface area contributed by atoms with Gasteiger partial charge in [-0.25, -0.2) is 0 Å². The Kier molecular flexibility index (Phi) is 3.33. The Morgan fingerprint density at radius 2 is 1.89 bits per heavy atom. The van der Waals surface area contributed by atoms with Crippen molar-refractivity contribution < 1.29 is 4.79 Å². The van der Waals surface area contributed by atoms with E-state index in [0.717, 1.165) is 25.8 Å². The number of benzene rings is 1. The zero-order valence-electron chi connectivity index (χ0n) is 10.6. The number of fused-ring (bicyclic) bond motifs is 1. The molecule has 0 spiro atoms. The normalized spacial score (nSPS) is 23.7. The van der Waals surface area contributed by atoms with E-state index in [1.54, 1.807) is 0 Å². The van der Waals surface area contributed by atoms with Crippen LogP contribution in [0, 0.1) is 0 Å². The van der Waals surface area contributed by atoms with Gasteiger partial charge >= 0.3 is 0 Å². The highest BCUT2D eigenvalue weighted by atomic mass is 16.2. The molecule has 0 aromatic heterocycles. The molecule has 0 radical (unpaired) electrons. The van der Waals surface area contributed by atoms with E-state index in [1.165, 1.54) is 24.0 Å². The van der Waals surface area contributed by atoms with Gasteiger partial charge in [-0.3, -0.25) is 4.79 Å². The van der Waals surface area contributed by atoms with E-state index in [0.29, 0.717) is 6.04 Å². The van der Waals surface area contributed by atoms with Gasteiger partial charge in [-0.1, -0.05) is 37.1 Å². The number of amides is 1. The first-order chi connectivity index (χ1) is 8.83. The van der Waals surface area contributed by atoms with Gasteiger partial charge in [0.1, 0.15) is 0 Å². The van der Waals surface area contributed by atoms with Crippen LogP contribution in [0.2, 0.25) is 0 Å². The third-order valence-corrected chi connectivity index (χ3v) is 4.10. The zero-order valence-corrected chi connectivity index (χ0v) is 10.6. The lowest BCUT2D eigenvalue weighted by Gasteiger charge is -2.26.